The molecule has 27 heavy (non-hydrogen) atoms. The Labute approximate surface area is 158 Å². The fourth-order valence-electron chi connectivity index (χ4n) is 2.27. The Bertz CT molecular complexity index is 747. The first-order valence-electron chi connectivity index (χ1n) is 8.61. The van der Waals surface area contributed by atoms with Gasteiger partial charge in [-0.25, -0.2) is 0 Å². The van der Waals surface area contributed by atoms with Crippen molar-refractivity contribution in [3.8, 4) is 0 Å². The van der Waals surface area contributed by atoms with E-state index >= 15 is 0 Å². The molecular formula is C21H25NO5. The van der Waals surface area contributed by atoms with Gasteiger partial charge in [0.2, 0.25) is 5.91 Å². The molecule has 0 saturated carbocycles. The highest BCUT2D eigenvalue weighted by molar-refractivity contribution is 6.09. The Morgan fingerprint density at radius 3 is 1.70 bits per heavy atom. The lowest BCUT2D eigenvalue weighted by Crippen LogP contribution is -2.18. The van der Waals surface area contributed by atoms with Crippen molar-refractivity contribution in [1.82, 2.24) is 5.32 Å². The van der Waals surface area contributed by atoms with Gasteiger partial charge >= 0.3 is 0 Å². The van der Waals surface area contributed by atoms with E-state index in [4.69, 9.17) is 15.0 Å². The van der Waals surface area contributed by atoms with Gasteiger partial charge in [0, 0.05) is 38.1 Å². The number of carbonyl (C=O) groups excluding carboxylic acids is 2. The summed E-state index contributed by atoms with van der Waals surface area (Å²) in [7, 11) is 0. The number of benzene rings is 2. The van der Waals surface area contributed by atoms with E-state index in [0.717, 1.165) is 30.9 Å². The molecule has 0 fully saturated rings. The summed E-state index contributed by atoms with van der Waals surface area (Å²) in [4.78, 5) is 32.3. The number of aliphatic carboxylic acids is 1. The Kier molecular flexibility index (Phi) is 9.47. The summed E-state index contributed by atoms with van der Waals surface area (Å²) in [5.74, 6) is -0.934. The minimum Gasteiger partial charge on any atom is -0.481 e. The molecule has 6 nitrogen and oxygen atoms in total. The number of rotatable bonds is 7. The Balaban J connectivity index is 0.000000828. The van der Waals surface area contributed by atoms with Gasteiger partial charge in [0.05, 0.1) is 0 Å². The second-order valence-corrected chi connectivity index (χ2v) is 5.98. The molecule has 0 spiro atoms. The highest BCUT2D eigenvalue weighted by Crippen LogP contribution is 2.13. The van der Waals surface area contributed by atoms with Crippen LogP contribution in [0.4, 0.5) is 0 Å². The molecule has 0 aliphatic carbocycles. The Morgan fingerprint density at radius 1 is 0.852 bits per heavy atom. The number of nitrogens with one attached hydrogen (secondary N) is 1. The number of aryl methyl sites for hydroxylation is 1. The van der Waals surface area contributed by atoms with E-state index in [-0.39, 0.29) is 18.3 Å². The fourth-order valence-corrected chi connectivity index (χ4v) is 2.27. The molecule has 0 atom stereocenters. The number of ketones is 1. The lowest BCUT2D eigenvalue weighted by Gasteiger charge is -2.06. The first-order chi connectivity index (χ1) is 12.8. The summed E-state index contributed by atoms with van der Waals surface area (Å²) >= 11 is 0. The highest BCUT2D eigenvalue weighted by Gasteiger charge is 2.09. The van der Waals surface area contributed by atoms with Crippen LogP contribution in [0.25, 0.3) is 0 Å². The van der Waals surface area contributed by atoms with Gasteiger partial charge < -0.3 is 15.5 Å². The number of amides is 1. The van der Waals surface area contributed by atoms with E-state index in [1.165, 1.54) is 6.92 Å². The molecule has 0 aromatic heterocycles. The number of carbonyl (C=O) groups is 3. The van der Waals surface area contributed by atoms with Crippen LogP contribution in [0.2, 0.25) is 0 Å². The lowest BCUT2D eigenvalue weighted by molar-refractivity contribution is -0.134. The number of aliphatic hydroxyl groups excluding tert-OH is 1. The van der Waals surface area contributed by atoms with Crippen LogP contribution in [0, 0.1) is 0 Å². The van der Waals surface area contributed by atoms with Gasteiger partial charge in [0.1, 0.15) is 0 Å². The summed E-state index contributed by atoms with van der Waals surface area (Å²) in [6.45, 7) is 3.19. The largest absolute Gasteiger partial charge is 0.481 e. The van der Waals surface area contributed by atoms with Gasteiger partial charge in [-0.3, -0.25) is 14.4 Å². The fraction of sp³-hybridized carbons (Fsp3) is 0.286. The molecule has 2 aromatic rings. The van der Waals surface area contributed by atoms with Gasteiger partial charge in [0.15, 0.2) is 5.78 Å². The van der Waals surface area contributed by atoms with Crippen molar-refractivity contribution in [2.45, 2.75) is 33.2 Å². The van der Waals surface area contributed by atoms with Crippen LogP contribution in [0.1, 0.15) is 47.3 Å². The zero-order valence-electron chi connectivity index (χ0n) is 15.6. The molecule has 144 valence electrons. The summed E-state index contributed by atoms with van der Waals surface area (Å²) in [6, 6.07) is 14.7. The maximum absolute atomic E-state index is 12.4. The van der Waals surface area contributed by atoms with E-state index in [1.54, 1.807) is 12.1 Å². The van der Waals surface area contributed by atoms with Crippen molar-refractivity contribution >= 4 is 17.7 Å². The molecule has 1 amide bonds. The van der Waals surface area contributed by atoms with E-state index in [9.17, 15) is 9.59 Å². The molecule has 0 saturated heterocycles. The zero-order valence-corrected chi connectivity index (χ0v) is 15.6. The van der Waals surface area contributed by atoms with Crippen LogP contribution in [0.15, 0.2) is 48.5 Å². The van der Waals surface area contributed by atoms with Crippen LogP contribution in [-0.2, 0) is 22.6 Å². The minimum absolute atomic E-state index is 0.0233. The van der Waals surface area contributed by atoms with Crippen LogP contribution < -0.4 is 5.32 Å². The van der Waals surface area contributed by atoms with Crippen molar-refractivity contribution in [2.75, 3.05) is 6.61 Å². The van der Waals surface area contributed by atoms with Crippen molar-refractivity contribution in [1.29, 1.82) is 0 Å². The van der Waals surface area contributed by atoms with Crippen molar-refractivity contribution in [3.05, 3.63) is 70.8 Å². The smallest absolute Gasteiger partial charge is 0.300 e. The number of hydrogen-bond donors (Lipinski definition) is 3. The Hall–Kier alpha value is -2.99. The first-order valence-corrected chi connectivity index (χ1v) is 8.61. The monoisotopic (exact) mass is 371 g/mol. The zero-order chi connectivity index (χ0) is 20.2. The third-order valence-electron chi connectivity index (χ3n) is 3.60. The SMILES string of the molecule is CC(=O)NCc1ccc(C(=O)c2ccc(CCCO)cc2)cc1.CC(=O)O. The lowest BCUT2D eigenvalue weighted by atomic mass is 10.00. The highest BCUT2D eigenvalue weighted by atomic mass is 16.4. The predicted molar refractivity (Wildman–Crippen MR) is 103 cm³/mol. The van der Waals surface area contributed by atoms with E-state index < -0.39 is 5.97 Å². The second-order valence-electron chi connectivity index (χ2n) is 5.98. The molecule has 0 radical (unpaired) electrons. The van der Waals surface area contributed by atoms with Gasteiger partial charge in [-0.1, -0.05) is 48.5 Å². The quantitative estimate of drug-likeness (QED) is 0.649. The predicted octanol–water partition coefficient (Wildman–Crippen LogP) is 2.57. The molecular weight excluding hydrogens is 346 g/mol. The minimum atomic E-state index is -0.833. The number of carboxylic acid groups (broad SMARTS) is 1. The van der Waals surface area contributed by atoms with Gasteiger partial charge in [-0.15, -0.1) is 0 Å². The molecule has 2 aromatic carbocycles. The maximum atomic E-state index is 12.4. The summed E-state index contributed by atoms with van der Waals surface area (Å²) in [5.41, 5.74) is 3.34. The van der Waals surface area contributed by atoms with Gasteiger partial charge in [-0.05, 0) is 24.0 Å². The standard InChI is InChI=1S/C19H21NO3.C2H4O2/c1-14(22)20-13-16-6-10-18(11-7-16)19(23)17-8-4-15(5-9-17)3-2-12-21;1-2(3)4/h4-11,21H,2-3,12-13H2,1H3,(H,20,22);1H3,(H,3,4). The molecule has 3 N–H and O–H groups in total. The van der Waals surface area contributed by atoms with E-state index in [1.807, 2.05) is 36.4 Å². The van der Waals surface area contributed by atoms with Crippen LogP contribution in [-0.4, -0.2) is 34.5 Å². The van der Waals surface area contributed by atoms with Crippen LogP contribution >= 0.6 is 0 Å². The summed E-state index contributed by atoms with van der Waals surface area (Å²) in [5, 5.41) is 19.0. The maximum Gasteiger partial charge on any atom is 0.300 e. The summed E-state index contributed by atoms with van der Waals surface area (Å²) in [6.07, 6.45) is 1.53. The second kappa shape index (κ2) is 11.6. The molecule has 0 heterocycles. The van der Waals surface area contributed by atoms with Crippen molar-refractivity contribution < 1.29 is 24.6 Å². The van der Waals surface area contributed by atoms with E-state index in [0.29, 0.717) is 17.7 Å². The molecule has 0 bridgehead atoms. The normalized spacial score (nSPS) is 9.74. The first kappa shape index (κ1) is 22.1. The number of carboxylic acids is 1. The van der Waals surface area contributed by atoms with Crippen LogP contribution in [0.5, 0.6) is 0 Å². The molecule has 0 aliphatic heterocycles. The molecule has 2 rings (SSSR count). The number of aliphatic hydroxyl groups is 1. The molecule has 0 aliphatic rings. The van der Waals surface area contributed by atoms with Gasteiger partial charge in [0.25, 0.3) is 5.97 Å². The average molecular weight is 371 g/mol. The number of hydrogen-bond acceptors (Lipinski definition) is 4. The molecule has 0 unspecified atom stereocenters. The third kappa shape index (κ3) is 8.78. The van der Waals surface area contributed by atoms with E-state index in [2.05, 4.69) is 5.32 Å². The topological polar surface area (TPSA) is 104 Å². The molecule has 6 heteroatoms. The van der Waals surface area contributed by atoms with Crippen LogP contribution in [0.3, 0.4) is 0 Å². The van der Waals surface area contributed by atoms with Crippen molar-refractivity contribution in [2.24, 2.45) is 0 Å². The Morgan fingerprint density at radius 2 is 1.30 bits per heavy atom. The average Bonchev–Trinajstić information content (AvgIpc) is 2.64. The van der Waals surface area contributed by atoms with Crippen molar-refractivity contribution in [3.63, 3.8) is 0 Å². The third-order valence-corrected chi connectivity index (χ3v) is 3.60. The summed E-state index contributed by atoms with van der Waals surface area (Å²) < 4.78 is 0. The van der Waals surface area contributed by atoms with Gasteiger partial charge in [-0.2, -0.15) is 0 Å².